The Morgan fingerprint density at radius 3 is 2.56 bits per heavy atom. The van der Waals surface area contributed by atoms with Crippen LogP contribution in [0.5, 0.6) is 0 Å². The van der Waals surface area contributed by atoms with E-state index < -0.39 is 0 Å². The molecule has 0 aliphatic carbocycles. The smallest absolute Gasteiger partial charge is 0.226 e. The standard InChI is InChI=1S/C12H17ClN2O/c1-15(8-2-7-14)12(16)9-10-3-5-11(13)6-4-10/h3-6H,2,7-9,14H2,1H3. The third-order valence-corrected chi connectivity index (χ3v) is 2.64. The molecule has 0 aromatic heterocycles. The van der Waals surface area contributed by atoms with Crippen LogP contribution in [-0.4, -0.2) is 30.9 Å². The van der Waals surface area contributed by atoms with Gasteiger partial charge in [0.1, 0.15) is 0 Å². The Balaban J connectivity index is 2.47. The molecule has 2 N–H and O–H groups in total. The fourth-order valence-electron chi connectivity index (χ4n) is 1.36. The molecule has 1 amide bonds. The van der Waals surface area contributed by atoms with Gasteiger partial charge in [-0.15, -0.1) is 0 Å². The fourth-order valence-corrected chi connectivity index (χ4v) is 1.49. The first-order valence-electron chi connectivity index (χ1n) is 5.32. The van der Waals surface area contributed by atoms with Gasteiger partial charge in [0.2, 0.25) is 5.91 Å². The van der Waals surface area contributed by atoms with Crippen LogP contribution in [0.4, 0.5) is 0 Å². The minimum Gasteiger partial charge on any atom is -0.345 e. The van der Waals surface area contributed by atoms with Crippen molar-refractivity contribution in [1.29, 1.82) is 0 Å². The Bertz CT molecular complexity index is 337. The summed E-state index contributed by atoms with van der Waals surface area (Å²) in [7, 11) is 1.80. The number of amides is 1. The molecule has 0 aliphatic rings. The number of nitrogens with zero attached hydrogens (tertiary/aromatic N) is 1. The third kappa shape index (κ3) is 4.21. The monoisotopic (exact) mass is 240 g/mol. The molecule has 0 fully saturated rings. The maximum atomic E-state index is 11.8. The van der Waals surface area contributed by atoms with Crippen LogP contribution >= 0.6 is 11.6 Å². The van der Waals surface area contributed by atoms with Crippen molar-refractivity contribution in [3.63, 3.8) is 0 Å². The summed E-state index contributed by atoms with van der Waals surface area (Å²) < 4.78 is 0. The molecule has 0 bridgehead atoms. The maximum Gasteiger partial charge on any atom is 0.226 e. The minimum atomic E-state index is 0.107. The van der Waals surface area contributed by atoms with Crippen molar-refractivity contribution in [3.8, 4) is 0 Å². The van der Waals surface area contributed by atoms with Gasteiger partial charge < -0.3 is 10.6 Å². The van der Waals surface area contributed by atoms with E-state index in [1.807, 2.05) is 12.1 Å². The van der Waals surface area contributed by atoms with Gasteiger partial charge >= 0.3 is 0 Å². The number of halogens is 1. The van der Waals surface area contributed by atoms with Crippen LogP contribution in [-0.2, 0) is 11.2 Å². The minimum absolute atomic E-state index is 0.107. The van der Waals surface area contributed by atoms with Crippen molar-refractivity contribution >= 4 is 17.5 Å². The van der Waals surface area contributed by atoms with Crippen molar-refractivity contribution in [3.05, 3.63) is 34.9 Å². The molecule has 88 valence electrons. The lowest BCUT2D eigenvalue weighted by Crippen LogP contribution is -2.30. The number of rotatable bonds is 5. The van der Waals surface area contributed by atoms with Crippen molar-refractivity contribution in [2.45, 2.75) is 12.8 Å². The Labute approximate surface area is 101 Å². The van der Waals surface area contributed by atoms with Gasteiger partial charge in [-0.3, -0.25) is 4.79 Å². The second kappa shape index (κ2) is 6.51. The van der Waals surface area contributed by atoms with Gasteiger partial charge in [0.25, 0.3) is 0 Å². The number of hydrogen-bond donors (Lipinski definition) is 1. The number of likely N-dealkylation sites (N-methyl/N-ethyl adjacent to an activating group) is 1. The quantitative estimate of drug-likeness (QED) is 0.852. The topological polar surface area (TPSA) is 46.3 Å². The average molecular weight is 241 g/mol. The van der Waals surface area contributed by atoms with E-state index in [1.54, 1.807) is 24.1 Å². The van der Waals surface area contributed by atoms with Crippen molar-refractivity contribution in [2.75, 3.05) is 20.1 Å². The van der Waals surface area contributed by atoms with Crippen molar-refractivity contribution in [2.24, 2.45) is 5.73 Å². The predicted molar refractivity (Wildman–Crippen MR) is 66.5 cm³/mol. The lowest BCUT2D eigenvalue weighted by Gasteiger charge is -2.16. The summed E-state index contributed by atoms with van der Waals surface area (Å²) in [5.41, 5.74) is 6.37. The van der Waals surface area contributed by atoms with E-state index >= 15 is 0 Å². The normalized spacial score (nSPS) is 10.2. The van der Waals surface area contributed by atoms with Crippen molar-refractivity contribution < 1.29 is 4.79 Å². The Kier molecular flexibility index (Phi) is 5.29. The summed E-state index contributed by atoms with van der Waals surface area (Å²) in [4.78, 5) is 13.5. The van der Waals surface area contributed by atoms with Gasteiger partial charge in [-0.05, 0) is 30.7 Å². The molecule has 1 rings (SSSR count). The van der Waals surface area contributed by atoms with Gasteiger partial charge in [-0.25, -0.2) is 0 Å². The van der Waals surface area contributed by atoms with E-state index in [9.17, 15) is 4.79 Å². The summed E-state index contributed by atoms with van der Waals surface area (Å²) in [6.45, 7) is 1.32. The Morgan fingerprint density at radius 2 is 2.00 bits per heavy atom. The van der Waals surface area contributed by atoms with Crippen LogP contribution < -0.4 is 5.73 Å². The highest BCUT2D eigenvalue weighted by atomic mass is 35.5. The van der Waals surface area contributed by atoms with Crippen LogP contribution in [0, 0.1) is 0 Å². The lowest BCUT2D eigenvalue weighted by atomic mass is 10.1. The first-order valence-corrected chi connectivity index (χ1v) is 5.69. The van der Waals surface area contributed by atoms with E-state index in [-0.39, 0.29) is 5.91 Å². The predicted octanol–water partition coefficient (Wildman–Crippen LogP) is 1.69. The van der Waals surface area contributed by atoms with Crippen LogP contribution in [0.2, 0.25) is 5.02 Å². The molecule has 0 unspecified atom stereocenters. The zero-order valence-corrected chi connectivity index (χ0v) is 10.2. The van der Waals surface area contributed by atoms with Crippen LogP contribution in [0.15, 0.2) is 24.3 Å². The highest BCUT2D eigenvalue weighted by Gasteiger charge is 2.08. The molecule has 0 saturated heterocycles. The zero-order chi connectivity index (χ0) is 12.0. The third-order valence-electron chi connectivity index (χ3n) is 2.39. The van der Waals surface area contributed by atoms with Gasteiger partial charge in [0, 0.05) is 18.6 Å². The maximum absolute atomic E-state index is 11.8. The number of carbonyl (C=O) groups excluding carboxylic acids is 1. The van der Waals surface area contributed by atoms with E-state index in [2.05, 4.69) is 0 Å². The van der Waals surface area contributed by atoms with E-state index in [4.69, 9.17) is 17.3 Å². The Hall–Kier alpha value is -1.06. The second-order valence-electron chi connectivity index (χ2n) is 3.76. The number of nitrogens with two attached hydrogens (primary N) is 1. The molecule has 0 radical (unpaired) electrons. The van der Waals surface area contributed by atoms with Gasteiger partial charge in [-0.1, -0.05) is 23.7 Å². The Morgan fingerprint density at radius 1 is 1.38 bits per heavy atom. The van der Waals surface area contributed by atoms with E-state index in [0.29, 0.717) is 24.5 Å². The van der Waals surface area contributed by atoms with Gasteiger partial charge in [0.05, 0.1) is 6.42 Å². The number of benzene rings is 1. The van der Waals surface area contributed by atoms with E-state index in [1.165, 1.54) is 0 Å². The summed E-state index contributed by atoms with van der Waals surface area (Å²) in [6.07, 6.45) is 1.25. The number of carbonyl (C=O) groups is 1. The fraction of sp³-hybridized carbons (Fsp3) is 0.417. The summed E-state index contributed by atoms with van der Waals surface area (Å²) in [5, 5.41) is 0.688. The summed E-state index contributed by atoms with van der Waals surface area (Å²) in [6, 6.07) is 7.34. The van der Waals surface area contributed by atoms with Crippen LogP contribution in [0.3, 0.4) is 0 Å². The van der Waals surface area contributed by atoms with Gasteiger partial charge in [0.15, 0.2) is 0 Å². The van der Waals surface area contributed by atoms with Gasteiger partial charge in [-0.2, -0.15) is 0 Å². The molecule has 0 saturated carbocycles. The van der Waals surface area contributed by atoms with Crippen LogP contribution in [0.1, 0.15) is 12.0 Å². The molecule has 3 nitrogen and oxygen atoms in total. The molecule has 1 aromatic rings. The molecular weight excluding hydrogens is 224 g/mol. The second-order valence-corrected chi connectivity index (χ2v) is 4.20. The molecule has 0 spiro atoms. The van der Waals surface area contributed by atoms with Crippen LogP contribution in [0.25, 0.3) is 0 Å². The summed E-state index contributed by atoms with van der Waals surface area (Å²) in [5.74, 6) is 0.107. The lowest BCUT2D eigenvalue weighted by molar-refractivity contribution is -0.129. The zero-order valence-electron chi connectivity index (χ0n) is 9.45. The average Bonchev–Trinajstić information content (AvgIpc) is 2.29. The molecular formula is C12H17ClN2O. The van der Waals surface area contributed by atoms with E-state index in [0.717, 1.165) is 12.0 Å². The molecule has 0 atom stereocenters. The SMILES string of the molecule is CN(CCCN)C(=O)Cc1ccc(Cl)cc1. The first-order chi connectivity index (χ1) is 7.63. The number of hydrogen-bond acceptors (Lipinski definition) is 2. The first kappa shape index (κ1) is 13.0. The largest absolute Gasteiger partial charge is 0.345 e. The molecule has 1 aromatic carbocycles. The highest BCUT2D eigenvalue weighted by Crippen LogP contribution is 2.10. The molecule has 4 heteroatoms. The molecule has 0 heterocycles. The molecule has 16 heavy (non-hydrogen) atoms. The molecule has 0 aliphatic heterocycles. The van der Waals surface area contributed by atoms with Crippen molar-refractivity contribution in [1.82, 2.24) is 4.90 Å². The highest BCUT2D eigenvalue weighted by molar-refractivity contribution is 6.30. The summed E-state index contributed by atoms with van der Waals surface area (Å²) >= 11 is 5.77.